The first-order chi connectivity index (χ1) is 10.9. The third-order valence-electron chi connectivity index (χ3n) is 3.57. The molecule has 0 bridgehead atoms. The van der Waals surface area contributed by atoms with Crippen LogP contribution >= 0.6 is 0 Å². The molecule has 0 fully saturated rings. The van der Waals surface area contributed by atoms with Crippen LogP contribution in [0.2, 0.25) is 0 Å². The Labute approximate surface area is 138 Å². The van der Waals surface area contributed by atoms with Gasteiger partial charge < -0.3 is 10.8 Å². The minimum Gasteiger partial charge on any atom is -0.481 e. The molecule has 0 radical (unpaired) electrons. The number of carbonyl (C=O) groups is 1. The second-order valence-corrected chi connectivity index (χ2v) is 7.50. The topological polar surface area (TPSA) is 101 Å². The van der Waals surface area contributed by atoms with Gasteiger partial charge in [-0.2, -0.15) is 4.31 Å². The summed E-state index contributed by atoms with van der Waals surface area (Å²) in [6, 6.07) is 6.79. The molecule has 0 aliphatic carbocycles. The molecule has 1 aromatic carbocycles. The van der Waals surface area contributed by atoms with Gasteiger partial charge in [-0.05, 0) is 44.9 Å². The molecule has 0 aliphatic heterocycles. The average molecular weight is 342 g/mol. The molecule has 0 aliphatic rings. The van der Waals surface area contributed by atoms with Crippen LogP contribution in [0.4, 0.5) is 0 Å². The lowest BCUT2D eigenvalue weighted by Gasteiger charge is -2.22. The van der Waals surface area contributed by atoms with Gasteiger partial charge in [-0.3, -0.25) is 4.79 Å². The van der Waals surface area contributed by atoms with Crippen molar-refractivity contribution in [3.63, 3.8) is 0 Å². The fourth-order valence-electron chi connectivity index (χ4n) is 2.22. The van der Waals surface area contributed by atoms with E-state index in [-0.39, 0.29) is 11.3 Å². The molecule has 3 N–H and O–H groups in total. The summed E-state index contributed by atoms with van der Waals surface area (Å²) in [6.45, 7) is 3.10. The second-order valence-electron chi connectivity index (χ2n) is 5.56. The van der Waals surface area contributed by atoms with E-state index in [0.29, 0.717) is 45.3 Å². The van der Waals surface area contributed by atoms with E-state index in [4.69, 9.17) is 10.8 Å². The van der Waals surface area contributed by atoms with Crippen LogP contribution in [0.1, 0.15) is 37.7 Å². The Hall–Kier alpha value is -1.44. The third-order valence-corrected chi connectivity index (χ3v) is 5.48. The molecule has 130 valence electrons. The molecule has 23 heavy (non-hydrogen) atoms. The lowest BCUT2D eigenvalue weighted by atomic mass is 10.2. The molecule has 0 aromatic heterocycles. The maximum absolute atomic E-state index is 12.7. The van der Waals surface area contributed by atoms with E-state index in [0.717, 1.165) is 5.56 Å². The number of hydrogen-bond donors (Lipinski definition) is 2. The molecule has 0 saturated carbocycles. The van der Waals surface area contributed by atoms with E-state index in [2.05, 4.69) is 0 Å². The van der Waals surface area contributed by atoms with E-state index < -0.39 is 16.0 Å². The number of sulfonamides is 1. The van der Waals surface area contributed by atoms with Crippen molar-refractivity contribution in [1.82, 2.24) is 4.31 Å². The number of aryl methyl sites for hydroxylation is 1. The van der Waals surface area contributed by atoms with Crippen molar-refractivity contribution in [3.8, 4) is 0 Å². The molecule has 0 unspecified atom stereocenters. The summed E-state index contributed by atoms with van der Waals surface area (Å²) in [5.74, 6) is -0.822. The van der Waals surface area contributed by atoms with E-state index >= 15 is 0 Å². The van der Waals surface area contributed by atoms with Crippen molar-refractivity contribution in [3.05, 3.63) is 29.8 Å². The fourth-order valence-corrected chi connectivity index (χ4v) is 3.74. The van der Waals surface area contributed by atoms with E-state index in [1.54, 1.807) is 24.3 Å². The minimum atomic E-state index is -3.53. The molecule has 0 atom stereocenters. The predicted molar refractivity (Wildman–Crippen MR) is 89.7 cm³/mol. The zero-order valence-electron chi connectivity index (χ0n) is 13.6. The largest absolute Gasteiger partial charge is 0.481 e. The van der Waals surface area contributed by atoms with Gasteiger partial charge in [0.2, 0.25) is 10.0 Å². The molecule has 7 heteroatoms. The normalized spacial score (nSPS) is 11.8. The molecular weight excluding hydrogens is 316 g/mol. The highest BCUT2D eigenvalue weighted by Gasteiger charge is 2.23. The number of nitrogens with zero attached hydrogens (tertiary/aromatic N) is 1. The third kappa shape index (κ3) is 6.68. The Bertz CT molecular complexity index is 585. The fraction of sp³-hybridized carbons (Fsp3) is 0.562. The van der Waals surface area contributed by atoms with Gasteiger partial charge in [-0.1, -0.05) is 24.1 Å². The number of carboxylic acid groups (broad SMARTS) is 1. The summed E-state index contributed by atoms with van der Waals surface area (Å²) in [5, 5.41) is 8.62. The van der Waals surface area contributed by atoms with Gasteiger partial charge in [0.1, 0.15) is 0 Å². The van der Waals surface area contributed by atoms with Crippen LogP contribution in [-0.4, -0.2) is 43.4 Å². The van der Waals surface area contributed by atoms with Crippen LogP contribution in [0.25, 0.3) is 0 Å². The van der Waals surface area contributed by atoms with Crippen LogP contribution in [0, 0.1) is 6.92 Å². The molecule has 1 rings (SSSR count). The molecular formula is C16H26N2O4S. The van der Waals surface area contributed by atoms with Crippen LogP contribution in [0.3, 0.4) is 0 Å². The number of nitrogens with two attached hydrogens (primary N) is 1. The Balaban J connectivity index is 2.71. The van der Waals surface area contributed by atoms with Crippen molar-refractivity contribution < 1.29 is 18.3 Å². The number of carboxylic acids is 1. The van der Waals surface area contributed by atoms with Gasteiger partial charge in [0.15, 0.2) is 0 Å². The summed E-state index contributed by atoms with van der Waals surface area (Å²) < 4.78 is 26.9. The molecule has 0 spiro atoms. The number of benzene rings is 1. The maximum Gasteiger partial charge on any atom is 0.303 e. The Kier molecular flexibility index (Phi) is 8.22. The Morgan fingerprint density at radius 3 is 2.26 bits per heavy atom. The SMILES string of the molecule is Cc1ccc(S(=O)(=O)N(CCCN)CCCCCC(=O)O)cc1. The summed E-state index contributed by atoms with van der Waals surface area (Å²) >= 11 is 0. The Morgan fingerprint density at radius 2 is 1.70 bits per heavy atom. The zero-order chi connectivity index (χ0) is 17.3. The van der Waals surface area contributed by atoms with Crippen molar-refractivity contribution >= 4 is 16.0 Å². The first-order valence-electron chi connectivity index (χ1n) is 7.86. The van der Waals surface area contributed by atoms with Crippen LogP contribution in [0.15, 0.2) is 29.2 Å². The second kappa shape index (κ2) is 9.64. The molecule has 0 saturated heterocycles. The summed E-state index contributed by atoms with van der Waals surface area (Å²) in [4.78, 5) is 10.8. The monoisotopic (exact) mass is 342 g/mol. The minimum absolute atomic E-state index is 0.119. The molecule has 0 heterocycles. The van der Waals surface area contributed by atoms with Gasteiger partial charge in [0.25, 0.3) is 0 Å². The van der Waals surface area contributed by atoms with E-state index in [9.17, 15) is 13.2 Å². The van der Waals surface area contributed by atoms with Crippen molar-refractivity contribution in [2.24, 2.45) is 5.73 Å². The van der Waals surface area contributed by atoms with Crippen LogP contribution < -0.4 is 5.73 Å². The maximum atomic E-state index is 12.7. The quantitative estimate of drug-likeness (QED) is 0.599. The smallest absolute Gasteiger partial charge is 0.303 e. The first kappa shape index (κ1) is 19.6. The highest BCUT2D eigenvalue weighted by Crippen LogP contribution is 2.17. The summed E-state index contributed by atoms with van der Waals surface area (Å²) in [5.41, 5.74) is 6.51. The summed E-state index contributed by atoms with van der Waals surface area (Å²) in [7, 11) is -3.53. The number of unbranched alkanes of at least 4 members (excludes halogenated alkanes) is 2. The highest BCUT2D eigenvalue weighted by molar-refractivity contribution is 7.89. The molecule has 1 aromatic rings. The van der Waals surface area contributed by atoms with Gasteiger partial charge in [-0.15, -0.1) is 0 Å². The number of aliphatic carboxylic acids is 1. The summed E-state index contributed by atoms with van der Waals surface area (Å²) in [6.07, 6.45) is 2.61. The lowest BCUT2D eigenvalue weighted by molar-refractivity contribution is -0.137. The lowest BCUT2D eigenvalue weighted by Crippen LogP contribution is -2.34. The standard InChI is InChI=1S/C16H26N2O4S/c1-14-7-9-15(10-8-14)23(21,22)18(13-5-11-17)12-4-2-3-6-16(19)20/h7-10H,2-6,11-13,17H2,1H3,(H,19,20). The van der Waals surface area contributed by atoms with Crippen molar-refractivity contribution in [2.45, 2.75) is 43.9 Å². The zero-order valence-corrected chi connectivity index (χ0v) is 14.4. The van der Waals surface area contributed by atoms with E-state index in [1.165, 1.54) is 4.31 Å². The van der Waals surface area contributed by atoms with E-state index in [1.807, 2.05) is 6.92 Å². The van der Waals surface area contributed by atoms with Gasteiger partial charge in [-0.25, -0.2) is 8.42 Å². The number of rotatable bonds is 11. The predicted octanol–water partition coefficient (Wildman–Crippen LogP) is 1.98. The van der Waals surface area contributed by atoms with Gasteiger partial charge >= 0.3 is 5.97 Å². The molecule has 6 nitrogen and oxygen atoms in total. The number of hydrogen-bond acceptors (Lipinski definition) is 4. The van der Waals surface area contributed by atoms with Crippen LogP contribution in [0.5, 0.6) is 0 Å². The van der Waals surface area contributed by atoms with Gasteiger partial charge in [0.05, 0.1) is 4.90 Å². The highest BCUT2D eigenvalue weighted by atomic mass is 32.2. The first-order valence-corrected chi connectivity index (χ1v) is 9.30. The van der Waals surface area contributed by atoms with Crippen molar-refractivity contribution in [1.29, 1.82) is 0 Å². The Morgan fingerprint density at radius 1 is 1.09 bits per heavy atom. The van der Waals surface area contributed by atoms with Gasteiger partial charge in [0, 0.05) is 19.5 Å². The van der Waals surface area contributed by atoms with Crippen LogP contribution in [-0.2, 0) is 14.8 Å². The average Bonchev–Trinajstić information content (AvgIpc) is 2.50. The molecule has 0 amide bonds. The van der Waals surface area contributed by atoms with Crippen molar-refractivity contribution in [2.75, 3.05) is 19.6 Å².